The van der Waals surface area contributed by atoms with Gasteiger partial charge in [-0.15, -0.1) is 0 Å². The van der Waals surface area contributed by atoms with Gasteiger partial charge in [0, 0.05) is 11.5 Å². The van der Waals surface area contributed by atoms with Gasteiger partial charge in [0.25, 0.3) is 0 Å². The molecule has 0 aromatic rings. The summed E-state index contributed by atoms with van der Waals surface area (Å²) < 4.78 is 21.7. The van der Waals surface area contributed by atoms with E-state index < -0.39 is 9.84 Å². The third-order valence-corrected chi connectivity index (χ3v) is 4.40. The Labute approximate surface area is 68.1 Å². The molecule has 1 aliphatic heterocycles. The summed E-state index contributed by atoms with van der Waals surface area (Å²) in [5, 5.41) is 3.12. The van der Waals surface area contributed by atoms with Crippen molar-refractivity contribution in [1.29, 1.82) is 0 Å². The Morgan fingerprint density at radius 3 is 2.09 bits per heavy atom. The summed E-state index contributed by atoms with van der Waals surface area (Å²) in [6.45, 7) is 4.07. The number of rotatable bonds is 2. The molecule has 0 aromatic carbocycles. The third kappa shape index (κ3) is 1.73. The van der Waals surface area contributed by atoms with Crippen LogP contribution in [0, 0.1) is 5.92 Å². The molecule has 1 aliphatic rings. The number of hydrogen-bond acceptors (Lipinski definition) is 3. The largest absolute Gasteiger partial charge is 0.314 e. The minimum absolute atomic E-state index is 0.0364. The summed E-state index contributed by atoms with van der Waals surface area (Å²) in [6.07, 6.45) is 0. The van der Waals surface area contributed by atoms with Crippen molar-refractivity contribution in [2.45, 2.75) is 19.4 Å². The van der Waals surface area contributed by atoms with Crippen LogP contribution >= 0.6 is 0 Å². The van der Waals surface area contributed by atoms with Crippen LogP contribution < -0.4 is 5.32 Å². The monoisotopic (exact) mass is 177 g/mol. The van der Waals surface area contributed by atoms with Gasteiger partial charge >= 0.3 is 0 Å². The molecule has 0 atom stereocenters. The maximum atomic E-state index is 10.8. The minimum atomic E-state index is -2.66. The van der Waals surface area contributed by atoms with Crippen LogP contribution in [0.25, 0.3) is 0 Å². The highest BCUT2D eigenvalue weighted by atomic mass is 32.2. The van der Waals surface area contributed by atoms with E-state index in [1.54, 1.807) is 0 Å². The SMILES string of the molecule is CNC(C)(C)C1CS(=O)(=O)C1. The highest BCUT2D eigenvalue weighted by Crippen LogP contribution is 2.28. The average Bonchev–Trinajstić information content (AvgIpc) is 1.83. The lowest BCUT2D eigenvalue weighted by Gasteiger charge is -2.39. The molecule has 0 aliphatic carbocycles. The maximum absolute atomic E-state index is 10.8. The predicted octanol–water partition coefficient (Wildman–Crippen LogP) is 0.0290. The average molecular weight is 177 g/mol. The summed E-state index contributed by atoms with van der Waals surface area (Å²) in [7, 11) is -0.798. The van der Waals surface area contributed by atoms with Crippen LogP contribution in [0.3, 0.4) is 0 Å². The van der Waals surface area contributed by atoms with E-state index in [1.807, 2.05) is 20.9 Å². The fourth-order valence-electron chi connectivity index (χ4n) is 1.19. The molecule has 3 nitrogen and oxygen atoms in total. The lowest BCUT2D eigenvalue weighted by atomic mass is 9.90. The van der Waals surface area contributed by atoms with E-state index in [9.17, 15) is 8.42 Å². The molecule has 1 saturated heterocycles. The molecule has 4 heteroatoms. The van der Waals surface area contributed by atoms with Gasteiger partial charge in [-0.05, 0) is 20.9 Å². The first-order valence-corrected chi connectivity index (χ1v) is 5.59. The minimum Gasteiger partial charge on any atom is -0.314 e. The van der Waals surface area contributed by atoms with E-state index in [1.165, 1.54) is 0 Å². The van der Waals surface area contributed by atoms with Gasteiger partial charge in [-0.25, -0.2) is 8.42 Å². The zero-order chi connectivity index (χ0) is 8.70. The number of sulfone groups is 1. The highest BCUT2D eigenvalue weighted by molar-refractivity contribution is 7.92. The summed E-state index contributed by atoms with van der Waals surface area (Å²) in [4.78, 5) is 0. The van der Waals surface area contributed by atoms with E-state index in [-0.39, 0.29) is 11.5 Å². The van der Waals surface area contributed by atoms with Crippen LogP contribution in [0.5, 0.6) is 0 Å². The molecule has 11 heavy (non-hydrogen) atoms. The molecule has 0 spiro atoms. The van der Waals surface area contributed by atoms with Crippen molar-refractivity contribution in [1.82, 2.24) is 5.32 Å². The third-order valence-electron chi connectivity index (χ3n) is 2.58. The second kappa shape index (κ2) is 2.45. The molecule has 1 rings (SSSR count). The second-order valence-corrected chi connectivity index (χ2v) is 5.90. The van der Waals surface area contributed by atoms with E-state index in [4.69, 9.17) is 0 Å². The van der Waals surface area contributed by atoms with Crippen LogP contribution in [0.4, 0.5) is 0 Å². The summed E-state index contributed by atoms with van der Waals surface area (Å²) in [5.41, 5.74) is -0.0364. The van der Waals surface area contributed by atoms with Crippen LogP contribution in [0.1, 0.15) is 13.8 Å². The number of hydrogen-bond donors (Lipinski definition) is 1. The lowest BCUT2D eigenvalue weighted by molar-refractivity contribution is 0.294. The first-order chi connectivity index (χ1) is 4.87. The molecule has 0 unspecified atom stereocenters. The van der Waals surface area contributed by atoms with Gasteiger partial charge in [-0.2, -0.15) is 0 Å². The van der Waals surface area contributed by atoms with Gasteiger partial charge in [0.1, 0.15) is 0 Å². The normalized spacial score (nSPS) is 24.6. The molecular formula is C7H15NO2S. The van der Waals surface area contributed by atoms with E-state index in [2.05, 4.69) is 5.32 Å². The molecule has 0 radical (unpaired) electrons. The summed E-state index contributed by atoms with van der Waals surface area (Å²) >= 11 is 0. The Kier molecular flexibility index (Phi) is 2.01. The van der Waals surface area contributed by atoms with Gasteiger partial charge in [0.2, 0.25) is 0 Å². The van der Waals surface area contributed by atoms with E-state index >= 15 is 0 Å². The molecule has 0 amide bonds. The smallest absolute Gasteiger partial charge is 0.151 e. The standard InChI is InChI=1S/C7H15NO2S/c1-7(2,8-3)6-4-11(9,10)5-6/h6,8H,4-5H2,1-3H3. The molecule has 0 saturated carbocycles. The summed E-state index contributed by atoms with van der Waals surface area (Å²) in [5.74, 6) is 0.985. The van der Waals surface area contributed by atoms with Crippen LogP contribution in [0.2, 0.25) is 0 Å². The lowest BCUT2D eigenvalue weighted by Crippen LogP contribution is -2.55. The molecule has 0 bridgehead atoms. The molecule has 0 aromatic heterocycles. The first kappa shape index (κ1) is 9.00. The van der Waals surface area contributed by atoms with Crippen molar-refractivity contribution < 1.29 is 8.42 Å². The fraction of sp³-hybridized carbons (Fsp3) is 1.00. The van der Waals surface area contributed by atoms with Gasteiger partial charge in [0.05, 0.1) is 11.5 Å². The molecule has 66 valence electrons. The van der Waals surface area contributed by atoms with Gasteiger partial charge in [-0.3, -0.25) is 0 Å². The fourth-order valence-corrected chi connectivity index (χ4v) is 3.15. The van der Waals surface area contributed by atoms with Crippen molar-refractivity contribution in [3.8, 4) is 0 Å². The quantitative estimate of drug-likeness (QED) is 0.647. The van der Waals surface area contributed by atoms with Crippen molar-refractivity contribution in [3.05, 3.63) is 0 Å². The van der Waals surface area contributed by atoms with Crippen molar-refractivity contribution >= 4 is 9.84 Å². The van der Waals surface area contributed by atoms with Crippen LogP contribution in [0.15, 0.2) is 0 Å². The van der Waals surface area contributed by atoms with E-state index in [0.29, 0.717) is 11.5 Å². The Balaban J connectivity index is 2.56. The molecular weight excluding hydrogens is 162 g/mol. The number of nitrogens with one attached hydrogen (secondary N) is 1. The van der Waals surface area contributed by atoms with Gasteiger partial charge in [-0.1, -0.05) is 0 Å². The predicted molar refractivity (Wildman–Crippen MR) is 45.3 cm³/mol. The first-order valence-electron chi connectivity index (χ1n) is 3.77. The maximum Gasteiger partial charge on any atom is 0.151 e. The van der Waals surface area contributed by atoms with Crippen molar-refractivity contribution in [2.24, 2.45) is 5.92 Å². The van der Waals surface area contributed by atoms with Gasteiger partial charge < -0.3 is 5.32 Å². The molecule has 1 heterocycles. The van der Waals surface area contributed by atoms with Crippen LogP contribution in [-0.2, 0) is 9.84 Å². The molecule has 1 N–H and O–H groups in total. The Bertz CT molecular complexity index is 231. The Hall–Kier alpha value is -0.0900. The van der Waals surface area contributed by atoms with Crippen molar-refractivity contribution in [2.75, 3.05) is 18.6 Å². The Morgan fingerprint density at radius 2 is 1.82 bits per heavy atom. The molecule has 1 fully saturated rings. The van der Waals surface area contributed by atoms with Crippen molar-refractivity contribution in [3.63, 3.8) is 0 Å². The topological polar surface area (TPSA) is 46.2 Å². The van der Waals surface area contributed by atoms with E-state index in [0.717, 1.165) is 0 Å². The second-order valence-electron chi connectivity index (χ2n) is 3.75. The summed E-state index contributed by atoms with van der Waals surface area (Å²) in [6, 6.07) is 0. The highest BCUT2D eigenvalue weighted by Gasteiger charge is 2.42. The van der Waals surface area contributed by atoms with Crippen LogP contribution in [-0.4, -0.2) is 32.5 Å². The zero-order valence-electron chi connectivity index (χ0n) is 7.22. The zero-order valence-corrected chi connectivity index (χ0v) is 8.03. The Morgan fingerprint density at radius 1 is 1.36 bits per heavy atom. The van der Waals surface area contributed by atoms with Gasteiger partial charge in [0.15, 0.2) is 9.84 Å².